The van der Waals surface area contributed by atoms with Crippen molar-refractivity contribution in [1.82, 2.24) is 14.8 Å². The highest BCUT2D eigenvalue weighted by atomic mass is 15.3. The molecule has 0 fully saturated rings. The van der Waals surface area contributed by atoms with Gasteiger partial charge in [0.15, 0.2) is 0 Å². The minimum atomic E-state index is 0.681. The molecule has 2 rings (SSSR count). The zero-order valence-electron chi connectivity index (χ0n) is 9.43. The highest BCUT2D eigenvalue weighted by Gasteiger charge is 2.07. The fraction of sp³-hybridized carbons (Fsp3) is 0.333. The van der Waals surface area contributed by atoms with Gasteiger partial charge in [-0.1, -0.05) is 18.2 Å². The Bertz CT molecular complexity index is 447. The second-order valence-corrected chi connectivity index (χ2v) is 3.71. The van der Waals surface area contributed by atoms with E-state index >= 15 is 0 Å². The van der Waals surface area contributed by atoms with Gasteiger partial charge in [-0.3, -0.25) is 0 Å². The quantitative estimate of drug-likeness (QED) is 0.842. The van der Waals surface area contributed by atoms with Crippen molar-refractivity contribution in [3.05, 3.63) is 42.0 Å². The summed E-state index contributed by atoms with van der Waals surface area (Å²) in [5.74, 6) is 1.78. The smallest absolute Gasteiger partial charge is 0.148 e. The van der Waals surface area contributed by atoms with Crippen molar-refractivity contribution in [2.75, 3.05) is 6.54 Å². The van der Waals surface area contributed by atoms with Crippen LogP contribution in [-0.4, -0.2) is 21.3 Å². The van der Waals surface area contributed by atoms with Crippen LogP contribution in [0.2, 0.25) is 0 Å². The van der Waals surface area contributed by atoms with Crippen molar-refractivity contribution >= 4 is 0 Å². The zero-order valence-corrected chi connectivity index (χ0v) is 9.43. The summed E-state index contributed by atoms with van der Waals surface area (Å²) in [5.41, 5.74) is 6.57. The minimum absolute atomic E-state index is 0.681. The Kier molecular flexibility index (Phi) is 3.31. The highest BCUT2D eigenvalue weighted by Crippen LogP contribution is 2.10. The first-order valence-electron chi connectivity index (χ1n) is 5.49. The van der Waals surface area contributed by atoms with Crippen LogP contribution >= 0.6 is 0 Å². The average Bonchev–Trinajstić information content (AvgIpc) is 2.69. The van der Waals surface area contributed by atoms with Gasteiger partial charge in [0.25, 0.3) is 0 Å². The van der Waals surface area contributed by atoms with E-state index in [4.69, 9.17) is 5.73 Å². The van der Waals surface area contributed by atoms with E-state index in [1.807, 2.05) is 41.9 Å². The molecule has 0 spiro atoms. The first-order chi connectivity index (χ1) is 7.81. The van der Waals surface area contributed by atoms with E-state index in [0.717, 1.165) is 30.2 Å². The number of hydrogen-bond acceptors (Lipinski definition) is 3. The molecule has 0 aliphatic carbocycles. The standard InChI is InChI=1S/C12H16N4/c1-10-14-12(8-5-9-13)16(15-10)11-6-3-2-4-7-11/h2-4,6-7H,5,8-9,13H2,1H3. The molecule has 0 amide bonds. The fourth-order valence-electron chi connectivity index (χ4n) is 1.66. The van der Waals surface area contributed by atoms with Crippen molar-refractivity contribution in [3.8, 4) is 5.69 Å². The molecule has 0 aliphatic rings. The third-order valence-electron chi connectivity index (χ3n) is 2.39. The maximum atomic E-state index is 5.51. The number of nitrogens with zero attached hydrogens (tertiary/aromatic N) is 3. The molecule has 1 aromatic heterocycles. The molecule has 2 N–H and O–H groups in total. The van der Waals surface area contributed by atoms with Crippen LogP contribution in [0.15, 0.2) is 30.3 Å². The van der Waals surface area contributed by atoms with Crippen LogP contribution in [0.4, 0.5) is 0 Å². The number of rotatable bonds is 4. The van der Waals surface area contributed by atoms with E-state index in [9.17, 15) is 0 Å². The average molecular weight is 216 g/mol. The van der Waals surface area contributed by atoms with Crippen LogP contribution in [0, 0.1) is 6.92 Å². The molecule has 0 saturated carbocycles. The summed E-state index contributed by atoms with van der Waals surface area (Å²) in [5, 5.41) is 4.40. The topological polar surface area (TPSA) is 56.7 Å². The predicted molar refractivity (Wildman–Crippen MR) is 63.5 cm³/mol. The van der Waals surface area contributed by atoms with Gasteiger partial charge in [0.2, 0.25) is 0 Å². The van der Waals surface area contributed by atoms with Gasteiger partial charge in [0.05, 0.1) is 5.69 Å². The lowest BCUT2D eigenvalue weighted by molar-refractivity contribution is 0.732. The Labute approximate surface area is 95.1 Å². The lowest BCUT2D eigenvalue weighted by Crippen LogP contribution is -2.06. The van der Waals surface area contributed by atoms with E-state index in [1.54, 1.807) is 0 Å². The molecule has 4 heteroatoms. The molecular weight excluding hydrogens is 200 g/mol. The number of aromatic nitrogens is 3. The summed E-state index contributed by atoms with van der Waals surface area (Å²) in [6, 6.07) is 10.0. The lowest BCUT2D eigenvalue weighted by atomic mass is 10.3. The Hall–Kier alpha value is -1.68. The Morgan fingerprint density at radius 3 is 2.69 bits per heavy atom. The highest BCUT2D eigenvalue weighted by molar-refractivity contribution is 5.31. The predicted octanol–water partition coefficient (Wildman–Crippen LogP) is 1.47. The van der Waals surface area contributed by atoms with E-state index < -0.39 is 0 Å². The number of aryl methyl sites for hydroxylation is 2. The third kappa shape index (κ3) is 2.28. The van der Waals surface area contributed by atoms with Gasteiger partial charge in [-0.05, 0) is 32.0 Å². The molecule has 0 unspecified atom stereocenters. The molecule has 0 bridgehead atoms. The van der Waals surface area contributed by atoms with Crippen molar-refractivity contribution in [1.29, 1.82) is 0 Å². The van der Waals surface area contributed by atoms with Crippen LogP contribution in [0.1, 0.15) is 18.1 Å². The third-order valence-corrected chi connectivity index (χ3v) is 2.39. The maximum absolute atomic E-state index is 5.51. The van der Waals surface area contributed by atoms with Gasteiger partial charge in [0.1, 0.15) is 11.6 Å². The monoisotopic (exact) mass is 216 g/mol. The summed E-state index contributed by atoms with van der Waals surface area (Å²) in [4.78, 5) is 4.42. The van der Waals surface area contributed by atoms with Gasteiger partial charge >= 0.3 is 0 Å². The molecule has 0 saturated heterocycles. The van der Waals surface area contributed by atoms with Gasteiger partial charge in [-0.15, -0.1) is 0 Å². The number of para-hydroxylation sites is 1. The van der Waals surface area contributed by atoms with Crippen LogP contribution in [-0.2, 0) is 6.42 Å². The second kappa shape index (κ2) is 4.90. The van der Waals surface area contributed by atoms with Gasteiger partial charge in [0, 0.05) is 6.42 Å². The van der Waals surface area contributed by atoms with E-state index in [0.29, 0.717) is 6.54 Å². The van der Waals surface area contributed by atoms with E-state index in [2.05, 4.69) is 10.1 Å². The minimum Gasteiger partial charge on any atom is -0.330 e. The van der Waals surface area contributed by atoms with Crippen LogP contribution in [0.3, 0.4) is 0 Å². The molecule has 0 aliphatic heterocycles. The van der Waals surface area contributed by atoms with Crippen molar-refractivity contribution in [2.24, 2.45) is 5.73 Å². The SMILES string of the molecule is Cc1nc(CCCN)n(-c2ccccc2)n1. The summed E-state index contributed by atoms with van der Waals surface area (Å²) in [7, 11) is 0. The zero-order chi connectivity index (χ0) is 11.4. The molecule has 4 nitrogen and oxygen atoms in total. The van der Waals surface area contributed by atoms with Gasteiger partial charge < -0.3 is 5.73 Å². The van der Waals surface area contributed by atoms with Gasteiger partial charge in [-0.25, -0.2) is 9.67 Å². The molecule has 2 aromatic rings. The van der Waals surface area contributed by atoms with E-state index in [1.165, 1.54) is 0 Å². The number of nitrogens with two attached hydrogens (primary N) is 1. The number of hydrogen-bond donors (Lipinski definition) is 1. The molecule has 84 valence electrons. The summed E-state index contributed by atoms with van der Waals surface area (Å²) >= 11 is 0. The summed E-state index contributed by atoms with van der Waals surface area (Å²) in [6.07, 6.45) is 1.80. The van der Waals surface area contributed by atoms with Crippen LogP contribution < -0.4 is 5.73 Å². The first kappa shape index (κ1) is 10.8. The van der Waals surface area contributed by atoms with E-state index in [-0.39, 0.29) is 0 Å². The summed E-state index contributed by atoms with van der Waals surface area (Å²) < 4.78 is 1.89. The molecule has 0 atom stereocenters. The second-order valence-electron chi connectivity index (χ2n) is 3.71. The fourth-order valence-corrected chi connectivity index (χ4v) is 1.66. The largest absolute Gasteiger partial charge is 0.330 e. The van der Waals surface area contributed by atoms with Crippen molar-refractivity contribution < 1.29 is 0 Å². The van der Waals surface area contributed by atoms with Crippen LogP contribution in [0.5, 0.6) is 0 Å². The van der Waals surface area contributed by atoms with Gasteiger partial charge in [-0.2, -0.15) is 5.10 Å². The molecule has 16 heavy (non-hydrogen) atoms. The first-order valence-corrected chi connectivity index (χ1v) is 5.49. The molecular formula is C12H16N4. The normalized spacial score (nSPS) is 10.6. The summed E-state index contributed by atoms with van der Waals surface area (Å²) in [6.45, 7) is 2.59. The maximum Gasteiger partial charge on any atom is 0.148 e. The van der Waals surface area contributed by atoms with Crippen molar-refractivity contribution in [3.63, 3.8) is 0 Å². The van der Waals surface area contributed by atoms with Crippen LogP contribution in [0.25, 0.3) is 5.69 Å². The number of benzene rings is 1. The molecule has 1 aromatic carbocycles. The van der Waals surface area contributed by atoms with Crippen molar-refractivity contribution in [2.45, 2.75) is 19.8 Å². The Balaban J connectivity index is 2.33. The Morgan fingerprint density at radius 1 is 1.25 bits per heavy atom. The molecule has 1 heterocycles. The lowest BCUT2D eigenvalue weighted by Gasteiger charge is -2.04. The Morgan fingerprint density at radius 2 is 2.00 bits per heavy atom. The molecule has 0 radical (unpaired) electrons.